The third kappa shape index (κ3) is 5.60. The summed E-state index contributed by atoms with van der Waals surface area (Å²) in [6, 6.07) is 5.83. The van der Waals surface area contributed by atoms with Gasteiger partial charge in [0.1, 0.15) is 0 Å². The highest BCUT2D eigenvalue weighted by molar-refractivity contribution is 9.11. The molecule has 1 fully saturated rings. The molecule has 0 bridgehead atoms. The molecule has 1 amide bonds. The number of halogens is 1. The molecule has 0 aliphatic carbocycles. The third-order valence-corrected chi connectivity index (χ3v) is 5.73. The molecule has 0 N–H and O–H groups in total. The Morgan fingerprint density at radius 3 is 2.76 bits per heavy atom. The number of ether oxygens (including phenoxy) is 1. The molecule has 1 aliphatic heterocycles. The lowest BCUT2D eigenvalue weighted by Gasteiger charge is -2.28. The van der Waals surface area contributed by atoms with Crippen LogP contribution in [0.2, 0.25) is 0 Å². The van der Waals surface area contributed by atoms with Crippen LogP contribution < -0.4 is 0 Å². The number of morpholine rings is 1. The fourth-order valence-corrected chi connectivity index (χ4v) is 4.01. The van der Waals surface area contributed by atoms with Crippen LogP contribution in [0.4, 0.5) is 0 Å². The summed E-state index contributed by atoms with van der Waals surface area (Å²) in [5.74, 6) is 0.0840. The highest BCUT2D eigenvalue weighted by Gasteiger charge is 2.18. The van der Waals surface area contributed by atoms with E-state index in [9.17, 15) is 4.79 Å². The molecule has 134 valence electrons. The van der Waals surface area contributed by atoms with Crippen LogP contribution in [0, 0.1) is 0 Å². The highest BCUT2D eigenvalue weighted by atomic mass is 79.9. The van der Waals surface area contributed by atoms with E-state index in [-0.39, 0.29) is 5.91 Å². The minimum absolute atomic E-state index is 0.0840. The van der Waals surface area contributed by atoms with Crippen molar-refractivity contribution in [3.8, 4) is 0 Å². The largest absolute Gasteiger partial charge is 0.379 e. The topological polar surface area (TPSA) is 45.7 Å². The van der Waals surface area contributed by atoms with Gasteiger partial charge in [0.2, 0.25) is 0 Å². The van der Waals surface area contributed by atoms with Crippen LogP contribution in [0.3, 0.4) is 0 Å². The van der Waals surface area contributed by atoms with E-state index in [2.05, 4.69) is 25.8 Å². The Kier molecular flexibility index (Phi) is 6.98. The number of pyridine rings is 1. The van der Waals surface area contributed by atoms with Crippen molar-refractivity contribution in [1.82, 2.24) is 14.8 Å². The Hall–Kier alpha value is -1.28. The van der Waals surface area contributed by atoms with E-state index in [4.69, 9.17) is 4.74 Å². The van der Waals surface area contributed by atoms with Gasteiger partial charge < -0.3 is 9.64 Å². The smallest absolute Gasteiger partial charge is 0.255 e. The fraction of sp³-hybridized carbons (Fsp3) is 0.444. The molecule has 0 aromatic carbocycles. The Balaban J connectivity index is 1.62. The first-order valence-corrected chi connectivity index (χ1v) is 10.1. The van der Waals surface area contributed by atoms with E-state index in [0.717, 1.165) is 60.7 Å². The quantitative estimate of drug-likeness (QED) is 0.685. The zero-order valence-electron chi connectivity index (χ0n) is 14.1. The molecular formula is C18H22BrN3O2S. The second-order valence-electron chi connectivity index (χ2n) is 6.03. The molecule has 1 saturated heterocycles. The summed E-state index contributed by atoms with van der Waals surface area (Å²) in [5, 5.41) is 1.91. The highest BCUT2D eigenvalue weighted by Crippen LogP contribution is 2.22. The summed E-state index contributed by atoms with van der Waals surface area (Å²) in [6.07, 6.45) is 4.50. The van der Waals surface area contributed by atoms with Crippen molar-refractivity contribution in [2.24, 2.45) is 0 Å². The lowest BCUT2D eigenvalue weighted by Crippen LogP contribution is -2.39. The summed E-state index contributed by atoms with van der Waals surface area (Å²) < 4.78 is 6.37. The molecular weight excluding hydrogens is 402 g/mol. The van der Waals surface area contributed by atoms with Crippen LogP contribution in [0.15, 0.2) is 39.8 Å². The maximum atomic E-state index is 12.9. The number of amides is 1. The normalized spacial score (nSPS) is 15.2. The van der Waals surface area contributed by atoms with Gasteiger partial charge in [-0.15, -0.1) is 11.3 Å². The van der Waals surface area contributed by atoms with E-state index in [1.807, 2.05) is 28.5 Å². The molecule has 3 heterocycles. The van der Waals surface area contributed by atoms with E-state index in [1.165, 1.54) is 0 Å². The number of carbonyl (C=O) groups is 1. The van der Waals surface area contributed by atoms with Gasteiger partial charge in [0.25, 0.3) is 5.91 Å². The third-order valence-electron chi connectivity index (χ3n) is 4.23. The molecule has 0 spiro atoms. The lowest BCUT2D eigenvalue weighted by molar-refractivity contribution is 0.0355. The van der Waals surface area contributed by atoms with Crippen molar-refractivity contribution in [2.75, 3.05) is 39.4 Å². The first kappa shape index (κ1) is 18.5. The average molecular weight is 424 g/mol. The van der Waals surface area contributed by atoms with E-state index >= 15 is 0 Å². The van der Waals surface area contributed by atoms with Gasteiger partial charge in [0.05, 0.1) is 22.6 Å². The lowest BCUT2D eigenvalue weighted by atomic mass is 10.2. The number of carbonyl (C=O) groups excluding carboxylic acids is 1. The second kappa shape index (κ2) is 9.43. The number of nitrogens with zero attached hydrogens (tertiary/aromatic N) is 3. The summed E-state index contributed by atoms with van der Waals surface area (Å²) in [7, 11) is 0. The summed E-state index contributed by atoms with van der Waals surface area (Å²) in [5.41, 5.74) is 1.85. The van der Waals surface area contributed by atoms with Gasteiger partial charge in [-0.1, -0.05) is 0 Å². The molecule has 0 radical (unpaired) electrons. The zero-order valence-corrected chi connectivity index (χ0v) is 16.5. The number of rotatable bonds is 7. The van der Waals surface area contributed by atoms with Crippen molar-refractivity contribution in [3.63, 3.8) is 0 Å². The van der Waals surface area contributed by atoms with E-state index in [0.29, 0.717) is 6.54 Å². The standard InChI is InChI=1S/C18H22BrN3O2S/c19-17-12-16(14-25-17)18(23)22(13-15-2-4-20-5-3-15)7-1-6-21-8-10-24-11-9-21/h2-5,12,14H,1,6-11,13H2. The van der Waals surface area contributed by atoms with Crippen molar-refractivity contribution < 1.29 is 9.53 Å². The molecule has 0 unspecified atom stereocenters. The van der Waals surface area contributed by atoms with Crippen LogP contribution in [0.5, 0.6) is 0 Å². The molecule has 0 atom stereocenters. The van der Waals surface area contributed by atoms with Crippen molar-refractivity contribution in [3.05, 3.63) is 50.9 Å². The zero-order chi connectivity index (χ0) is 17.5. The molecule has 1 aliphatic rings. The van der Waals surface area contributed by atoms with Crippen LogP contribution in [-0.2, 0) is 11.3 Å². The van der Waals surface area contributed by atoms with E-state index in [1.54, 1.807) is 23.7 Å². The summed E-state index contributed by atoms with van der Waals surface area (Å²) in [6.45, 7) is 5.93. The predicted octanol–water partition coefficient (Wildman–Crippen LogP) is 3.27. The first-order chi connectivity index (χ1) is 12.2. The van der Waals surface area contributed by atoms with E-state index < -0.39 is 0 Å². The fourth-order valence-electron chi connectivity index (χ4n) is 2.88. The van der Waals surface area contributed by atoms with Gasteiger partial charge in [-0.3, -0.25) is 14.7 Å². The Labute approximate surface area is 160 Å². The Morgan fingerprint density at radius 2 is 2.08 bits per heavy atom. The minimum atomic E-state index is 0.0840. The van der Waals surface area contributed by atoms with Gasteiger partial charge in [-0.05, 0) is 46.1 Å². The molecule has 25 heavy (non-hydrogen) atoms. The second-order valence-corrected chi connectivity index (χ2v) is 8.32. The number of thiophene rings is 1. The van der Waals surface area contributed by atoms with Gasteiger partial charge in [-0.25, -0.2) is 0 Å². The van der Waals surface area contributed by atoms with Gasteiger partial charge in [-0.2, -0.15) is 0 Å². The van der Waals surface area contributed by atoms with Gasteiger partial charge in [0, 0.05) is 50.5 Å². The molecule has 0 saturated carbocycles. The van der Waals surface area contributed by atoms with Gasteiger partial charge >= 0.3 is 0 Å². The average Bonchev–Trinajstić information content (AvgIpc) is 3.08. The minimum Gasteiger partial charge on any atom is -0.379 e. The van der Waals surface area contributed by atoms with Crippen LogP contribution in [0.25, 0.3) is 0 Å². The van der Waals surface area contributed by atoms with Crippen molar-refractivity contribution in [2.45, 2.75) is 13.0 Å². The number of hydrogen-bond acceptors (Lipinski definition) is 5. The summed E-state index contributed by atoms with van der Waals surface area (Å²) >= 11 is 4.98. The Morgan fingerprint density at radius 1 is 1.32 bits per heavy atom. The van der Waals surface area contributed by atoms with Crippen LogP contribution in [0.1, 0.15) is 22.3 Å². The number of aromatic nitrogens is 1. The molecule has 7 heteroatoms. The van der Waals surface area contributed by atoms with Crippen LogP contribution >= 0.6 is 27.3 Å². The SMILES string of the molecule is O=C(c1csc(Br)c1)N(CCCN1CCOCC1)Cc1ccncc1. The molecule has 2 aromatic rings. The van der Waals surface area contributed by atoms with Crippen molar-refractivity contribution >= 4 is 33.2 Å². The van der Waals surface area contributed by atoms with Gasteiger partial charge in [0.15, 0.2) is 0 Å². The predicted molar refractivity (Wildman–Crippen MR) is 103 cm³/mol. The Bertz CT molecular complexity index is 674. The maximum absolute atomic E-state index is 12.9. The monoisotopic (exact) mass is 423 g/mol. The van der Waals surface area contributed by atoms with Crippen molar-refractivity contribution in [1.29, 1.82) is 0 Å². The first-order valence-electron chi connectivity index (χ1n) is 8.45. The number of hydrogen-bond donors (Lipinski definition) is 0. The molecule has 5 nitrogen and oxygen atoms in total. The summed E-state index contributed by atoms with van der Waals surface area (Å²) in [4.78, 5) is 21.3. The molecule has 3 rings (SSSR count). The molecule has 2 aromatic heterocycles. The maximum Gasteiger partial charge on any atom is 0.255 e. The van der Waals surface area contributed by atoms with Crippen LogP contribution in [-0.4, -0.2) is 60.1 Å².